The van der Waals surface area contributed by atoms with Gasteiger partial charge in [-0.05, 0) is 0 Å². The second-order valence-electron chi connectivity index (χ2n) is 4.80. The first-order valence-corrected chi connectivity index (χ1v) is 10.5. The van der Waals surface area contributed by atoms with E-state index in [9.17, 15) is 12.8 Å². The van der Waals surface area contributed by atoms with Crippen molar-refractivity contribution in [1.82, 2.24) is 4.72 Å². The monoisotopic (exact) mass is 271 g/mol. The number of hydrogen-bond donors (Lipinski definition) is 1. The van der Waals surface area contributed by atoms with Crippen LogP contribution in [0.2, 0.25) is 0 Å². The number of nitrogens with one attached hydrogen (secondary N) is 1. The van der Waals surface area contributed by atoms with E-state index in [4.69, 9.17) is 0 Å². The number of sulfonamides is 1. The third-order valence-electron chi connectivity index (χ3n) is 3.62. The molecule has 0 spiro atoms. The van der Waals surface area contributed by atoms with Crippen LogP contribution in [0.5, 0.6) is 0 Å². The van der Waals surface area contributed by atoms with Gasteiger partial charge in [-0.25, -0.2) is 0 Å². The Labute approximate surface area is 98.6 Å². The molecule has 1 N–H and O–H groups in total. The number of halogens is 1. The van der Waals surface area contributed by atoms with Crippen molar-refractivity contribution in [3.05, 3.63) is 0 Å². The zero-order valence-electron chi connectivity index (χ0n) is 9.97. The molecule has 0 atom stereocenters. The van der Waals surface area contributed by atoms with E-state index < -0.39 is 24.1 Å². The van der Waals surface area contributed by atoms with E-state index in [1.807, 2.05) is 4.72 Å². The van der Waals surface area contributed by atoms with Gasteiger partial charge in [-0.15, -0.1) is 0 Å². The van der Waals surface area contributed by atoms with Gasteiger partial charge in [-0.1, -0.05) is 0 Å². The Morgan fingerprint density at radius 1 is 1.25 bits per heavy atom. The zero-order valence-corrected chi connectivity index (χ0v) is 11.8. The molecule has 1 saturated heterocycles. The maximum absolute atomic E-state index is 12.0. The van der Waals surface area contributed by atoms with E-state index >= 15 is 0 Å². The van der Waals surface area contributed by atoms with Crippen molar-refractivity contribution in [2.24, 2.45) is 0 Å². The van der Waals surface area contributed by atoms with Gasteiger partial charge >= 0.3 is 98.2 Å². The predicted octanol–water partition coefficient (Wildman–Crippen LogP) is 1.79. The first kappa shape index (κ1) is 14.3. The molecule has 0 amide bonds. The quantitative estimate of drug-likeness (QED) is 0.567. The SMILES string of the molecule is CCC[PH]1(CCS(=O)(=O)NCF)CCCC1. The molecule has 0 aromatic carbocycles. The molecule has 0 saturated carbocycles. The predicted molar refractivity (Wildman–Crippen MR) is 70.2 cm³/mol. The van der Waals surface area contributed by atoms with Crippen molar-refractivity contribution in [3.63, 3.8) is 0 Å². The molecule has 0 radical (unpaired) electrons. The van der Waals surface area contributed by atoms with Gasteiger partial charge in [0.1, 0.15) is 0 Å². The molecule has 0 aliphatic carbocycles. The van der Waals surface area contributed by atoms with Crippen LogP contribution in [-0.4, -0.2) is 45.6 Å². The van der Waals surface area contributed by atoms with Crippen molar-refractivity contribution in [1.29, 1.82) is 0 Å². The number of alkyl halides is 1. The summed E-state index contributed by atoms with van der Waals surface area (Å²) in [7, 11) is -4.68. The molecular formula is C10H23FNO2PS. The Balaban J connectivity index is 2.50. The Morgan fingerprint density at radius 3 is 2.38 bits per heavy atom. The topological polar surface area (TPSA) is 46.2 Å². The van der Waals surface area contributed by atoms with Gasteiger partial charge < -0.3 is 0 Å². The van der Waals surface area contributed by atoms with Gasteiger partial charge in [-0.2, -0.15) is 0 Å². The van der Waals surface area contributed by atoms with Crippen molar-refractivity contribution in [3.8, 4) is 0 Å². The Kier molecular flexibility index (Phi) is 5.62. The van der Waals surface area contributed by atoms with Crippen LogP contribution in [0.15, 0.2) is 0 Å². The Bertz CT molecular complexity index is 302. The van der Waals surface area contributed by atoms with Crippen LogP contribution < -0.4 is 4.72 Å². The van der Waals surface area contributed by atoms with Crippen LogP contribution in [0.25, 0.3) is 0 Å². The Morgan fingerprint density at radius 2 is 1.88 bits per heavy atom. The fourth-order valence-corrected chi connectivity index (χ4v) is 10.5. The normalized spacial score (nSPS) is 22.1. The van der Waals surface area contributed by atoms with Gasteiger partial charge in [0.25, 0.3) is 0 Å². The minimum atomic E-state index is -3.37. The maximum atomic E-state index is 12.0. The first-order valence-electron chi connectivity index (χ1n) is 6.07. The summed E-state index contributed by atoms with van der Waals surface area (Å²) >= 11 is 0. The fourth-order valence-electron chi connectivity index (χ4n) is 2.79. The molecule has 98 valence electrons. The first-order chi connectivity index (χ1) is 7.54. The van der Waals surface area contributed by atoms with Crippen molar-refractivity contribution >= 4 is 17.3 Å². The summed E-state index contributed by atoms with van der Waals surface area (Å²) in [5.74, 6) is 0.128. The average Bonchev–Trinajstić information content (AvgIpc) is 2.65. The molecule has 1 aliphatic heterocycles. The van der Waals surface area contributed by atoms with Gasteiger partial charge in [-0.3, -0.25) is 0 Å². The van der Waals surface area contributed by atoms with E-state index in [2.05, 4.69) is 6.92 Å². The molecule has 1 aliphatic rings. The number of rotatable bonds is 7. The summed E-state index contributed by atoms with van der Waals surface area (Å²) in [5.41, 5.74) is 0. The molecule has 16 heavy (non-hydrogen) atoms. The van der Waals surface area contributed by atoms with Crippen molar-refractivity contribution in [2.75, 3.05) is 37.2 Å². The molecule has 1 rings (SSSR count). The summed E-state index contributed by atoms with van der Waals surface area (Å²) in [4.78, 5) is 0. The molecule has 0 unspecified atom stereocenters. The number of hydrogen-bond acceptors (Lipinski definition) is 2. The standard InChI is InChI=1S/C10H23FNO2PS/c1-2-5-15(6-3-4-7-15)8-9-16(13,14)12-10-11/h12,15H,2-10H2,1H3. The molecular weight excluding hydrogens is 248 g/mol. The van der Waals surface area contributed by atoms with Crippen LogP contribution >= 0.6 is 7.26 Å². The van der Waals surface area contributed by atoms with Gasteiger partial charge in [0, 0.05) is 0 Å². The molecule has 6 heteroatoms. The molecule has 0 bridgehead atoms. The molecule has 1 fully saturated rings. The molecule has 1 heterocycles. The van der Waals surface area contributed by atoms with E-state index in [1.165, 1.54) is 31.3 Å². The van der Waals surface area contributed by atoms with Gasteiger partial charge in [0.2, 0.25) is 0 Å². The van der Waals surface area contributed by atoms with E-state index in [0.29, 0.717) is 0 Å². The van der Waals surface area contributed by atoms with Crippen LogP contribution in [0.1, 0.15) is 26.2 Å². The molecule has 0 aromatic rings. The molecule has 0 aromatic heterocycles. The fraction of sp³-hybridized carbons (Fsp3) is 1.00. The second-order valence-corrected chi connectivity index (χ2v) is 11.7. The van der Waals surface area contributed by atoms with Crippen LogP contribution in [0, 0.1) is 0 Å². The van der Waals surface area contributed by atoms with Crippen molar-refractivity contribution in [2.45, 2.75) is 26.2 Å². The summed E-state index contributed by atoms with van der Waals surface area (Å²) < 4.78 is 36.7. The average molecular weight is 271 g/mol. The summed E-state index contributed by atoms with van der Waals surface area (Å²) in [5, 5.41) is 0. The van der Waals surface area contributed by atoms with E-state index in [-0.39, 0.29) is 5.75 Å². The van der Waals surface area contributed by atoms with Crippen LogP contribution in [0.3, 0.4) is 0 Å². The third kappa shape index (κ3) is 4.27. The summed E-state index contributed by atoms with van der Waals surface area (Å²) in [6, 6.07) is 0. The summed E-state index contributed by atoms with van der Waals surface area (Å²) in [6.07, 6.45) is 8.28. The van der Waals surface area contributed by atoms with Crippen molar-refractivity contribution < 1.29 is 12.8 Å². The summed E-state index contributed by atoms with van der Waals surface area (Å²) in [6.45, 7) is 1.19. The van der Waals surface area contributed by atoms with Crippen LogP contribution in [0.4, 0.5) is 4.39 Å². The molecule has 3 nitrogen and oxygen atoms in total. The van der Waals surface area contributed by atoms with Gasteiger partial charge in [0.05, 0.1) is 0 Å². The van der Waals surface area contributed by atoms with Crippen LogP contribution in [-0.2, 0) is 10.0 Å². The van der Waals surface area contributed by atoms with E-state index in [0.717, 1.165) is 12.6 Å². The minimum absolute atomic E-state index is 0.128. The third-order valence-corrected chi connectivity index (χ3v) is 11.0. The Hall–Kier alpha value is 0.270. The van der Waals surface area contributed by atoms with Gasteiger partial charge in [0.15, 0.2) is 0 Å². The second kappa shape index (κ2) is 6.27. The zero-order chi connectivity index (χ0) is 12.1. The van der Waals surface area contributed by atoms with E-state index in [1.54, 1.807) is 0 Å².